The number of hydrogen-bond donors (Lipinski definition) is 8. The van der Waals surface area contributed by atoms with Crippen molar-refractivity contribution < 1.29 is 19.0 Å². The molecule has 0 aliphatic carbocycles. The summed E-state index contributed by atoms with van der Waals surface area (Å²) in [5.41, 5.74) is 25.2. The van der Waals surface area contributed by atoms with Gasteiger partial charge in [0.15, 0.2) is 6.29 Å². The van der Waals surface area contributed by atoms with Crippen molar-refractivity contribution in [2.45, 2.75) is 150 Å². The fraction of sp³-hybridized carbons (Fsp3) is 0.397. The maximum Gasteiger partial charge on any atom is 0.257 e. The number of aryl methyl sites for hydroxylation is 1. The Kier molecular flexibility index (Phi) is 41.4. The van der Waals surface area contributed by atoms with Crippen LogP contribution in [0.5, 0.6) is 0 Å². The largest absolute Gasteiger partial charge is 0.405 e. The molecular weight excluding hydrogens is 1060 g/mol. The number of fused-ring (bicyclic) bond motifs is 4. The third-order valence-electron chi connectivity index (χ3n) is 13.1. The van der Waals surface area contributed by atoms with Crippen LogP contribution < -0.4 is 38.5 Å². The molecule has 2 aromatic heterocycles. The number of benzene rings is 2. The second kappa shape index (κ2) is 45.4. The number of nitrogens with zero attached hydrogens (tertiary/aromatic N) is 3. The number of likely N-dealkylation sites (N-methyl/N-ethyl adjacent to an activating group) is 1. The summed E-state index contributed by atoms with van der Waals surface area (Å²) in [5, 5.41) is 21.9. The van der Waals surface area contributed by atoms with Gasteiger partial charge in [0, 0.05) is 77.3 Å². The van der Waals surface area contributed by atoms with Crippen LogP contribution in [0, 0.1) is 12.7 Å². The van der Waals surface area contributed by atoms with Crippen LogP contribution in [-0.2, 0) is 29.1 Å². The molecule has 0 saturated carbocycles. The van der Waals surface area contributed by atoms with Crippen molar-refractivity contribution in [2.24, 2.45) is 22.3 Å². The van der Waals surface area contributed by atoms with Gasteiger partial charge in [-0.2, -0.15) is 0 Å². The first kappa shape index (κ1) is 75.8. The van der Waals surface area contributed by atoms with Gasteiger partial charge in [-0.15, -0.1) is 12.8 Å². The summed E-state index contributed by atoms with van der Waals surface area (Å²) in [6.07, 6.45) is 31.6. The molecule has 5 rings (SSSR count). The number of rotatable bonds is 31. The molecule has 0 radical (unpaired) electrons. The lowest BCUT2D eigenvalue weighted by Crippen LogP contribution is -2.36. The molecule has 1 aliphatic rings. The first-order chi connectivity index (χ1) is 39.9. The van der Waals surface area contributed by atoms with Crippen molar-refractivity contribution >= 4 is 30.0 Å². The maximum absolute atomic E-state index is 14.5. The van der Waals surface area contributed by atoms with E-state index in [0.29, 0.717) is 54.0 Å². The maximum atomic E-state index is 14.5. The molecule has 0 saturated heterocycles. The van der Waals surface area contributed by atoms with Crippen LogP contribution in [0.4, 0.5) is 4.39 Å². The number of nitrogens with two attached hydrogens (primary N) is 4. The van der Waals surface area contributed by atoms with E-state index in [0.717, 1.165) is 70.7 Å². The molecule has 2 aromatic carbocycles. The summed E-state index contributed by atoms with van der Waals surface area (Å²) in [5.74, 6) is -0.353. The van der Waals surface area contributed by atoms with E-state index < -0.39 is 6.10 Å². The number of aromatic nitrogens is 2. The normalized spacial score (nSPS) is 11.7. The number of hydrogen-bond acceptors (Lipinski definition) is 13. The summed E-state index contributed by atoms with van der Waals surface area (Å²) in [4.78, 5) is 31.7. The van der Waals surface area contributed by atoms with Crippen molar-refractivity contribution in [1.29, 1.82) is 0 Å². The topological polar surface area (TPSA) is 213 Å². The third-order valence-corrected chi connectivity index (χ3v) is 13.1. The van der Waals surface area contributed by atoms with E-state index in [9.17, 15) is 19.1 Å². The van der Waals surface area contributed by atoms with Crippen LogP contribution in [-0.4, -0.2) is 59.1 Å². The fourth-order valence-corrected chi connectivity index (χ4v) is 8.65. The van der Waals surface area contributed by atoms with Gasteiger partial charge >= 0.3 is 0 Å². The highest BCUT2D eigenvalue weighted by Crippen LogP contribution is 2.38. The van der Waals surface area contributed by atoms with Crippen LogP contribution in [0.25, 0.3) is 22.3 Å². The molecule has 0 amide bonds. The number of pyridine rings is 2. The van der Waals surface area contributed by atoms with E-state index in [4.69, 9.17) is 21.2 Å². The zero-order valence-corrected chi connectivity index (χ0v) is 52.4. The number of ether oxygens (including phenoxy) is 1. The van der Waals surface area contributed by atoms with E-state index in [1.54, 1.807) is 23.6 Å². The minimum absolute atomic E-state index is 0.0353. The lowest BCUT2D eigenvalue weighted by Gasteiger charge is -2.23. The van der Waals surface area contributed by atoms with Crippen molar-refractivity contribution in [3.63, 3.8) is 0 Å². The van der Waals surface area contributed by atoms with Crippen molar-refractivity contribution in [3.05, 3.63) is 221 Å². The number of carbonyl (C=O) groups is 1. The number of unbranched alkanes of at least 4 members (excludes halogenated alkanes) is 8. The Bertz CT molecular complexity index is 2800. The highest BCUT2D eigenvalue weighted by atomic mass is 32.1. The van der Waals surface area contributed by atoms with Gasteiger partial charge in [0.1, 0.15) is 11.9 Å². The Morgan fingerprint density at radius 2 is 1.51 bits per heavy atom. The van der Waals surface area contributed by atoms with Gasteiger partial charge in [0.05, 0.1) is 42.6 Å². The summed E-state index contributed by atoms with van der Waals surface area (Å²) >= 11 is 3.03. The number of aldehydes is 1. The van der Waals surface area contributed by atoms with Crippen LogP contribution in [0.15, 0.2) is 176 Å². The van der Waals surface area contributed by atoms with Gasteiger partial charge in [-0.25, -0.2) is 9.37 Å². The van der Waals surface area contributed by atoms with Crippen LogP contribution >= 0.6 is 12.8 Å². The van der Waals surface area contributed by atoms with Gasteiger partial charge in [0.25, 0.3) is 5.56 Å². The quantitative estimate of drug-likeness (QED) is 0.00901. The monoisotopic (exact) mass is 1160 g/mol. The molecular formula is C68H102FN9O4S. The second-order valence-electron chi connectivity index (χ2n) is 19.6. The van der Waals surface area contributed by atoms with Crippen LogP contribution in [0.3, 0.4) is 0 Å². The minimum atomic E-state index is -1.46. The minimum Gasteiger partial charge on any atom is -0.405 e. The highest BCUT2D eigenvalue weighted by Gasteiger charge is 2.30. The van der Waals surface area contributed by atoms with Gasteiger partial charge in [-0.1, -0.05) is 178 Å². The van der Waals surface area contributed by atoms with Gasteiger partial charge in [-0.05, 0) is 100 Å². The summed E-state index contributed by atoms with van der Waals surface area (Å²) in [7, 11) is 3.57. The Morgan fingerprint density at radius 1 is 0.904 bits per heavy atom. The molecule has 0 bridgehead atoms. The van der Waals surface area contributed by atoms with Gasteiger partial charge < -0.3 is 51.9 Å². The Morgan fingerprint density at radius 3 is 2.06 bits per heavy atom. The number of methoxy groups -OCH3 is 1. The SMILES string of the molecule is C=C(N)CCCCCCCCCCCN(C)C(=C)/C=C\C.C=C(N)CNC(=C)C(C/C=C/C=C\C=C/C)NC(=C)CC.C=CN.CC.COCc1c(C(O)C=O)cc2n(c1=O)Cc1c-2nc2cc(F)c(C)cc2c1Cc1ccccc1.NS. The van der Waals surface area contributed by atoms with Gasteiger partial charge in [0.2, 0.25) is 0 Å². The van der Waals surface area contributed by atoms with Gasteiger partial charge in [-0.3, -0.25) is 9.93 Å². The Hall–Kier alpha value is -7.17. The summed E-state index contributed by atoms with van der Waals surface area (Å²) in [6.45, 7) is 36.4. The van der Waals surface area contributed by atoms with E-state index >= 15 is 0 Å². The number of halogens is 1. The van der Waals surface area contributed by atoms with E-state index in [1.807, 2.05) is 94.5 Å². The molecule has 2 unspecified atom stereocenters. The predicted molar refractivity (Wildman–Crippen MR) is 356 cm³/mol. The average molecular weight is 1160 g/mol. The number of nitrogens with one attached hydrogen (secondary N) is 2. The Balaban J connectivity index is 0.00000121. The molecule has 15 heteroatoms. The molecule has 1 aliphatic heterocycles. The molecule has 11 N–H and O–H groups in total. The smallest absolute Gasteiger partial charge is 0.257 e. The average Bonchev–Trinajstić information content (AvgIpc) is 3.96. The second-order valence-corrected chi connectivity index (χ2v) is 19.6. The standard InChI is InChI=1S/C27H23FN2O4.C19H36N2.C18H29N3.C2H5N.C2H6.H3NS/c1-15-8-18-17(9-16-6-4-3-5-7-16)20-12-30-24(26(20)29-23(18)11-22(15)28)10-19(25(32)13-31)21(14-34-2)27(30)33;1-5-15-19(3)21(4)17-14-12-10-8-6-7-9-11-13-16-18(2)20;1-6-8-9-10-11-12-13-18(21-16(4)7-2)17(5)20-14-15(3)19;1-2-3;2*1-2/h3-8,10-11,13,25,32H,9,12,14H2,1-2H3;5,15H,2-3,6-14,16-17,20H2,1,4H3;6,8-12,18,20-21H,3-5,7,13-14,19H2,1-2H3;2H,1,3H2;1-2H3;2H,1H2/b;15-5-;8-6-,10-9-,12-11+;;;. The molecule has 2 atom stereocenters. The first-order valence-corrected chi connectivity index (χ1v) is 29.3. The van der Waals surface area contributed by atoms with Crippen molar-refractivity contribution in [3.8, 4) is 11.4 Å². The first-order valence-electron chi connectivity index (χ1n) is 28.8. The number of thiol groups is 1. The Labute approximate surface area is 503 Å². The number of aliphatic hydroxyl groups is 1. The lowest BCUT2D eigenvalue weighted by atomic mass is 9.93. The summed E-state index contributed by atoms with van der Waals surface area (Å²) in [6, 6.07) is 14.9. The highest BCUT2D eigenvalue weighted by molar-refractivity contribution is 7.77. The van der Waals surface area contributed by atoms with Crippen LogP contribution in [0.1, 0.15) is 151 Å². The predicted octanol–water partition coefficient (Wildman–Crippen LogP) is 13.7. The molecule has 83 heavy (non-hydrogen) atoms. The lowest BCUT2D eigenvalue weighted by molar-refractivity contribution is -0.115. The third kappa shape index (κ3) is 28.6. The molecule has 3 heterocycles. The molecule has 0 spiro atoms. The molecule has 0 fully saturated rings. The zero-order valence-electron chi connectivity index (χ0n) is 51.5. The van der Waals surface area contributed by atoms with Crippen molar-refractivity contribution in [1.82, 2.24) is 25.1 Å². The van der Waals surface area contributed by atoms with Crippen molar-refractivity contribution in [2.75, 3.05) is 27.2 Å². The molecule has 456 valence electrons. The fourth-order valence-electron chi connectivity index (χ4n) is 8.65. The number of aliphatic hydroxyl groups excluding tert-OH is 1. The number of carbonyl (C=O) groups excluding carboxylic acids is 1. The van der Waals surface area contributed by atoms with E-state index in [1.165, 1.54) is 77.2 Å². The van der Waals surface area contributed by atoms with E-state index in [2.05, 4.69) is 105 Å². The van der Waals surface area contributed by atoms with E-state index in [-0.39, 0.29) is 35.2 Å². The van der Waals surface area contributed by atoms with Crippen LogP contribution in [0.2, 0.25) is 0 Å². The molecule has 13 nitrogen and oxygen atoms in total. The molecule has 4 aromatic rings. The zero-order chi connectivity index (χ0) is 62.7. The summed E-state index contributed by atoms with van der Waals surface area (Å²) < 4.78 is 21.3. The number of allylic oxidation sites excluding steroid dienone is 9.